The van der Waals surface area contributed by atoms with Crippen molar-refractivity contribution in [2.75, 3.05) is 33.5 Å². The number of aliphatic hydroxyl groups excluding tert-OH is 1. The third kappa shape index (κ3) is 4.41. The van der Waals surface area contributed by atoms with Gasteiger partial charge in [0.05, 0.1) is 51.2 Å². The van der Waals surface area contributed by atoms with E-state index in [9.17, 15) is 0 Å². The Bertz CT molecular complexity index is 386. The summed E-state index contributed by atoms with van der Waals surface area (Å²) >= 11 is 0. The van der Waals surface area contributed by atoms with Gasteiger partial charge in [-0.2, -0.15) is 5.26 Å². The zero-order valence-electron chi connectivity index (χ0n) is 10.5. The molecular formula is C11H18N4O3. The molecule has 1 rings (SSSR count). The average molecular weight is 254 g/mol. The van der Waals surface area contributed by atoms with Crippen molar-refractivity contribution in [3.05, 3.63) is 11.4 Å². The molecule has 0 aliphatic carbocycles. The average Bonchev–Trinajstić information content (AvgIpc) is 2.75. The van der Waals surface area contributed by atoms with Gasteiger partial charge in [-0.05, 0) is 0 Å². The maximum atomic E-state index is 8.71. The molecule has 0 bridgehead atoms. The van der Waals surface area contributed by atoms with Crippen LogP contribution in [-0.4, -0.2) is 53.6 Å². The lowest BCUT2D eigenvalue weighted by atomic mass is 10.2. The molecule has 1 heterocycles. The highest BCUT2D eigenvalue weighted by atomic mass is 16.5. The minimum atomic E-state index is 0.00751. The maximum absolute atomic E-state index is 8.71. The Labute approximate surface area is 106 Å². The van der Waals surface area contributed by atoms with E-state index in [0.29, 0.717) is 38.5 Å². The number of aliphatic hydroxyl groups is 1. The number of ether oxygens (including phenoxy) is 2. The summed E-state index contributed by atoms with van der Waals surface area (Å²) in [5.74, 6) is 0. The molecule has 0 aromatic carbocycles. The van der Waals surface area contributed by atoms with Crippen LogP contribution in [0.1, 0.15) is 11.4 Å². The minimum Gasteiger partial charge on any atom is -0.394 e. The predicted molar refractivity (Wildman–Crippen MR) is 62.8 cm³/mol. The predicted octanol–water partition coefficient (Wildman–Crippen LogP) is -0.458. The molecule has 18 heavy (non-hydrogen) atoms. The quantitative estimate of drug-likeness (QED) is 0.599. The molecule has 0 unspecified atom stereocenters. The third-order valence-electron chi connectivity index (χ3n) is 2.39. The van der Waals surface area contributed by atoms with Crippen molar-refractivity contribution in [3.8, 4) is 6.07 Å². The lowest BCUT2D eigenvalue weighted by molar-refractivity contribution is 0.0845. The fourth-order valence-electron chi connectivity index (χ4n) is 1.55. The third-order valence-corrected chi connectivity index (χ3v) is 2.39. The first-order chi connectivity index (χ1) is 8.83. The topological polar surface area (TPSA) is 93.2 Å². The highest BCUT2D eigenvalue weighted by molar-refractivity contribution is 5.14. The summed E-state index contributed by atoms with van der Waals surface area (Å²) < 4.78 is 11.9. The number of aromatic nitrogens is 3. The Morgan fingerprint density at radius 1 is 1.39 bits per heavy atom. The molecule has 0 saturated carbocycles. The number of hydrogen-bond acceptors (Lipinski definition) is 6. The first kappa shape index (κ1) is 14.6. The highest BCUT2D eigenvalue weighted by Gasteiger charge is 2.12. The Kier molecular flexibility index (Phi) is 6.94. The van der Waals surface area contributed by atoms with Crippen LogP contribution in [0.25, 0.3) is 0 Å². The number of rotatable bonds is 9. The van der Waals surface area contributed by atoms with Gasteiger partial charge in [0.2, 0.25) is 0 Å². The van der Waals surface area contributed by atoms with E-state index >= 15 is 0 Å². The number of hydrogen-bond donors (Lipinski definition) is 1. The molecule has 1 aromatic heterocycles. The molecular weight excluding hydrogens is 236 g/mol. The summed E-state index contributed by atoms with van der Waals surface area (Å²) in [5.41, 5.74) is 1.60. The number of nitrogens with zero attached hydrogens (tertiary/aromatic N) is 4. The Morgan fingerprint density at radius 2 is 2.22 bits per heavy atom. The van der Waals surface area contributed by atoms with Gasteiger partial charge in [-0.25, -0.2) is 4.68 Å². The summed E-state index contributed by atoms with van der Waals surface area (Å²) in [6.45, 7) is 1.89. The van der Waals surface area contributed by atoms with Crippen LogP contribution < -0.4 is 0 Å². The van der Waals surface area contributed by atoms with Gasteiger partial charge in [-0.3, -0.25) is 0 Å². The summed E-state index contributed by atoms with van der Waals surface area (Å²) in [6.07, 6.45) is 0.914. The lowest BCUT2D eigenvalue weighted by Gasteiger charge is -2.07. The van der Waals surface area contributed by atoms with Gasteiger partial charge in [0.1, 0.15) is 5.69 Å². The second kappa shape index (κ2) is 8.58. The lowest BCUT2D eigenvalue weighted by Crippen LogP contribution is -2.14. The molecule has 0 spiro atoms. The van der Waals surface area contributed by atoms with E-state index in [2.05, 4.69) is 16.4 Å². The second-order valence-electron chi connectivity index (χ2n) is 3.62. The molecule has 0 amide bonds. The van der Waals surface area contributed by atoms with Crippen molar-refractivity contribution in [1.82, 2.24) is 15.0 Å². The fraction of sp³-hybridized carbons (Fsp3) is 0.727. The molecule has 0 fully saturated rings. The number of nitriles is 1. The fourth-order valence-corrected chi connectivity index (χ4v) is 1.55. The monoisotopic (exact) mass is 254 g/mol. The summed E-state index contributed by atoms with van der Waals surface area (Å²) in [4.78, 5) is 0. The van der Waals surface area contributed by atoms with Crippen LogP contribution in [0.3, 0.4) is 0 Å². The van der Waals surface area contributed by atoms with E-state index in [-0.39, 0.29) is 13.0 Å². The molecule has 7 nitrogen and oxygen atoms in total. The van der Waals surface area contributed by atoms with Crippen LogP contribution in [0.5, 0.6) is 0 Å². The van der Waals surface area contributed by atoms with E-state index in [0.717, 1.165) is 5.69 Å². The van der Waals surface area contributed by atoms with Crippen LogP contribution in [-0.2, 0) is 28.9 Å². The molecule has 0 aliphatic heterocycles. The van der Waals surface area contributed by atoms with E-state index in [1.807, 2.05) is 0 Å². The summed E-state index contributed by atoms with van der Waals surface area (Å²) in [5, 5.41) is 25.3. The summed E-state index contributed by atoms with van der Waals surface area (Å²) in [6, 6.07) is 2.07. The van der Waals surface area contributed by atoms with Crippen LogP contribution in [0.4, 0.5) is 0 Å². The maximum Gasteiger partial charge on any atom is 0.100 e. The van der Waals surface area contributed by atoms with Crippen molar-refractivity contribution >= 4 is 0 Å². The smallest absolute Gasteiger partial charge is 0.100 e. The number of methoxy groups -OCH3 is 1. The molecule has 1 N–H and O–H groups in total. The Morgan fingerprint density at radius 3 is 2.89 bits per heavy atom. The standard InChI is InChI=1S/C11H18N4O3/c1-17-7-3-11-10(2-4-12)13-14-15(11)5-8-18-9-6-16/h16H,2-3,5-9H2,1H3. The second-order valence-corrected chi connectivity index (χ2v) is 3.62. The molecule has 0 aliphatic rings. The van der Waals surface area contributed by atoms with E-state index in [1.54, 1.807) is 11.8 Å². The zero-order chi connectivity index (χ0) is 13.2. The van der Waals surface area contributed by atoms with Gasteiger partial charge in [0.25, 0.3) is 0 Å². The molecule has 0 saturated heterocycles. The van der Waals surface area contributed by atoms with E-state index in [4.69, 9.17) is 19.8 Å². The van der Waals surface area contributed by atoms with Crippen LogP contribution >= 0.6 is 0 Å². The first-order valence-corrected chi connectivity index (χ1v) is 5.79. The molecule has 1 aromatic rings. The normalized spacial score (nSPS) is 10.5. The zero-order valence-corrected chi connectivity index (χ0v) is 10.5. The summed E-state index contributed by atoms with van der Waals surface area (Å²) in [7, 11) is 1.63. The van der Waals surface area contributed by atoms with Crippen molar-refractivity contribution in [1.29, 1.82) is 5.26 Å². The van der Waals surface area contributed by atoms with Gasteiger partial charge in [-0.15, -0.1) is 5.10 Å². The molecule has 100 valence electrons. The SMILES string of the molecule is COCCc1c(CC#N)nnn1CCOCCO. The Balaban J connectivity index is 2.61. The van der Waals surface area contributed by atoms with Crippen LogP contribution in [0, 0.1) is 11.3 Å². The van der Waals surface area contributed by atoms with Gasteiger partial charge in [-0.1, -0.05) is 5.21 Å². The van der Waals surface area contributed by atoms with Crippen molar-refractivity contribution in [2.45, 2.75) is 19.4 Å². The van der Waals surface area contributed by atoms with Gasteiger partial charge < -0.3 is 14.6 Å². The van der Waals surface area contributed by atoms with Crippen molar-refractivity contribution in [2.24, 2.45) is 0 Å². The van der Waals surface area contributed by atoms with E-state index in [1.165, 1.54) is 0 Å². The Hall–Kier alpha value is -1.49. The molecule has 0 radical (unpaired) electrons. The van der Waals surface area contributed by atoms with Crippen LogP contribution in [0.15, 0.2) is 0 Å². The highest BCUT2D eigenvalue weighted by Crippen LogP contribution is 2.07. The van der Waals surface area contributed by atoms with Gasteiger partial charge >= 0.3 is 0 Å². The molecule has 0 atom stereocenters. The van der Waals surface area contributed by atoms with Crippen molar-refractivity contribution < 1.29 is 14.6 Å². The first-order valence-electron chi connectivity index (χ1n) is 5.79. The van der Waals surface area contributed by atoms with Gasteiger partial charge in [0, 0.05) is 13.5 Å². The van der Waals surface area contributed by atoms with Gasteiger partial charge in [0.15, 0.2) is 0 Å². The van der Waals surface area contributed by atoms with Crippen molar-refractivity contribution in [3.63, 3.8) is 0 Å². The minimum absolute atomic E-state index is 0.00751. The van der Waals surface area contributed by atoms with E-state index < -0.39 is 0 Å². The molecule has 7 heteroatoms. The largest absolute Gasteiger partial charge is 0.394 e. The van der Waals surface area contributed by atoms with Crippen LogP contribution in [0.2, 0.25) is 0 Å².